The van der Waals surface area contributed by atoms with Gasteiger partial charge in [0.1, 0.15) is 18.3 Å². The number of anilines is 1. The van der Waals surface area contributed by atoms with Crippen LogP contribution in [0.2, 0.25) is 0 Å². The molecule has 0 unspecified atom stereocenters. The smallest absolute Gasteiger partial charge is 0.396 e. The summed E-state index contributed by atoms with van der Waals surface area (Å²) < 4.78 is 36.7. The number of nitrogens with two attached hydrogens (primary N) is 2. The van der Waals surface area contributed by atoms with Crippen molar-refractivity contribution in [3.8, 4) is 0 Å². The third-order valence-corrected chi connectivity index (χ3v) is 6.16. The fourth-order valence-corrected chi connectivity index (χ4v) is 5.06. The van der Waals surface area contributed by atoms with Crippen molar-refractivity contribution >= 4 is 19.2 Å². The van der Waals surface area contributed by atoms with Gasteiger partial charge in [-0.2, -0.15) is 5.10 Å². The second-order valence-corrected chi connectivity index (χ2v) is 8.62. The fraction of sp³-hybridized carbons (Fsp3) is 0.600. The molecule has 0 amide bonds. The van der Waals surface area contributed by atoms with Gasteiger partial charge in [-0.3, -0.25) is 13.6 Å². The van der Waals surface area contributed by atoms with Crippen molar-refractivity contribution in [2.45, 2.75) is 50.7 Å². The van der Waals surface area contributed by atoms with E-state index in [1.807, 2.05) is 0 Å². The molecule has 26 heavy (non-hydrogen) atoms. The van der Waals surface area contributed by atoms with E-state index < -0.39 is 31.7 Å². The predicted molar refractivity (Wildman–Crippen MR) is 92.3 cm³/mol. The lowest BCUT2D eigenvalue weighted by Crippen LogP contribution is -2.53. The molecule has 2 aliphatic heterocycles. The summed E-state index contributed by atoms with van der Waals surface area (Å²) in [5.41, 5.74) is 13.1. The van der Waals surface area contributed by atoms with E-state index >= 15 is 0 Å². The zero-order chi connectivity index (χ0) is 18.7. The van der Waals surface area contributed by atoms with Gasteiger partial charge in [0.05, 0.1) is 42.0 Å². The van der Waals surface area contributed by atoms with Gasteiger partial charge in [0.25, 0.3) is 0 Å². The minimum absolute atomic E-state index is 0.0598. The number of phosphoric ester groups is 1. The second kappa shape index (κ2) is 5.98. The molecule has 2 aliphatic rings. The van der Waals surface area contributed by atoms with Crippen molar-refractivity contribution in [1.29, 1.82) is 0 Å². The molecule has 142 valence electrons. The Balaban J connectivity index is 1.68. The average molecular weight is 383 g/mol. The van der Waals surface area contributed by atoms with E-state index in [9.17, 15) is 4.57 Å². The molecule has 0 spiro atoms. The first kappa shape index (κ1) is 17.8. The number of hydrogen-bond acceptors (Lipinski definition) is 9. The standard InChI is InChI=1S/C15H22N5O5P/c1-8(2)24-26(21)22-7-11-13(25-26)15(3,17)12(23-11)10-6-18-14-9(16)4-5-19-20(10)14/h4-6,8,11-13H,7,16-17H2,1-3H3/t11-,12+,13-,15+,26-/m1/s1. The highest BCUT2D eigenvalue weighted by Gasteiger charge is 2.59. The molecule has 4 heterocycles. The summed E-state index contributed by atoms with van der Waals surface area (Å²) in [6.45, 7) is 5.34. The molecule has 11 heteroatoms. The minimum Gasteiger partial charge on any atom is -0.396 e. The third-order valence-electron chi connectivity index (χ3n) is 4.53. The second-order valence-electron chi connectivity index (χ2n) is 7.05. The predicted octanol–water partition coefficient (Wildman–Crippen LogP) is 1.42. The molecule has 0 radical (unpaired) electrons. The number of nitrogen functional groups attached to an aromatic ring is 1. The Kier molecular flexibility index (Phi) is 4.11. The van der Waals surface area contributed by atoms with Crippen molar-refractivity contribution in [1.82, 2.24) is 14.6 Å². The molecule has 4 rings (SSSR count). The number of phosphoric acid groups is 1. The van der Waals surface area contributed by atoms with Crippen LogP contribution in [-0.2, 0) is 22.9 Å². The molecule has 2 saturated heterocycles. The van der Waals surface area contributed by atoms with Gasteiger partial charge in [0.2, 0.25) is 0 Å². The molecule has 5 atom stereocenters. The lowest BCUT2D eigenvalue weighted by atomic mass is 9.88. The van der Waals surface area contributed by atoms with Gasteiger partial charge in [0, 0.05) is 0 Å². The molecule has 0 aliphatic carbocycles. The van der Waals surface area contributed by atoms with Crippen LogP contribution < -0.4 is 11.5 Å². The highest BCUT2D eigenvalue weighted by molar-refractivity contribution is 7.48. The van der Waals surface area contributed by atoms with Gasteiger partial charge in [-0.1, -0.05) is 0 Å². The van der Waals surface area contributed by atoms with E-state index in [4.69, 9.17) is 29.8 Å². The van der Waals surface area contributed by atoms with Crippen molar-refractivity contribution in [3.05, 3.63) is 24.2 Å². The maximum absolute atomic E-state index is 12.7. The van der Waals surface area contributed by atoms with Gasteiger partial charge in [-0.15, -0.1) is 0 Å². The Labute approximate surface area is 150 Å². The lowest BCUT2D eigenvalue weighted by molar-refractivity contribution is -0.0636. The Hall–Kier alpha value is -1.55. The molecular formula is C15H22N5O5P. The summed E-state index contributed by atoms with van der Waals surface area (Å²) in [6, 6.07) is 1.67. The minimum atomic E-state index is -3.70. The van der Waals surface area contributed by atoms with E-state index in [0.29, 0.717) is 17.0 Å². The zero-order valence-electron chi connectivity index (χ0n) is 14.7. The topological polar surface area (TPSA) is 136 Å². The molecule has 0 saturated carbocycles. The summed E-state index contributed by atoms with van der Waals surface area (Å²) in [5, 5.41) is 4.28. The number of hydrogen-bond donors (Lipinski definition) is 2. The summed E-state index contributed by atoms with van der Waals surface area (Å²) in [6.07, 6.45) is 1.13. The average Bonchev–Trinajstić information content (AvgIpc) is 3.07. The first-order valence-corrected chi connectivity index (χ1v) is 9.81. The first-order valence-electron chi connectivity index (χ1n) is 8.35. The molecule has 2 fully saturated rings. The van der Waals surface area contributed by atoms with Crippen molar-refractivity contribution in [3.63, 3.8) is 0 Å². The monoisotopic (exact) mass is 383 g/mol. The van der Waals surface area contributed by atoms with Gasteiger partial charge < -0.3 is 16.2 Å². The van der Waals surface area contributed by atoms with E-state index in [0.717, 1.165) is 0 Å². The molecular weight excluding hydrogens is 361 g/mol. The molecule has 10 nitrogen and oxygen atoms in total. The highest BCUT2D eigenvalue weighted by Crippen LogP contribution is 2.59. The van der Waals surface area contributed by atoms with Crippen LogP contribution in [0.25, 0.3) is 5.65 Å². The van der Waals surface area contributed by atoms with Crippen LogP contribution in [0.1, 0.15) is 32.6 Å². The van der Waals surface area contributed by atoms with E-state index in [-0.39, 0.29) is 12.7 Å². The summed E-state index contributed by atoms with van der Waals surface area (Å²) in [7, 11) is -3.70. The maximum Gasteiger partial charge on any atom is 0.475 e. The number of rotatable bonds is 3. The van der Waals surface area contributed by atoms with Crippen molar-refractivity contribution < 1.29 is 22.9 Å². The summed E-state index contributed by atoms with van der Waals surface area (Å²) in [4.78, 5) is 4.30. The number of fused-ring (bicyclic) bond motifs is 2. The van der Waals surface area contributed by atoms with E-state index in [2.05, 4.69) is 10.1 Å². The Morgan fingerprint density at radius 1 is 1.50 bits per heavy atom. The number of imidazole rings is 1. The Morgan fingerprint density at radius 2 is 2.27 bits per heavy atom. The lowest BCUT2D eigenvalue weighted by Gasteiger charge is -2.36. The highest BCUT2D eigenvalue weighted by atomic mass is 31.2. The summed E-state index contributed by atoms with van der Waals surface area (Å²) >= 11 is 0. The van der Waals surface area contributed by atoms with Gasteiger partial charge in [0.15, 0.2) is 5.65 Å². The normalized spacial score (nSPS) is 37.3. The van der Waals surface area contributed by atoms with Crippen LogP contribution >= 0.6 is 7.82 Å². The van der Waals surface area contributed by atoms with Gasteiger partial charge >= 0.3 is 7.82 Å². The Bertz CT molecular complexity index is 884. The molecule has 2 aromatic heterocycles. The maximum atomic E-state index is 12.7. The quantitative estimate of drug-likeness (QED) is 0.754. The molecule has 4 N–H and O–H groups in total. The third kappa shape index (κ3) is 2.74. The molecule has 2 aromatic rings. The fourth-order valence-electron chi connectivity index (χ4n) is 3.40. The van der Waals surface area contributed by atoms with E-state index in [1.54, 1.807) is 43.7 Å². The van der Waals surface area contributed by atoms with Crippen LogP contribution in [0.3, 0.4) is 0 Å². The number of ether oxygens (including phenoxy) is 1. The van der Waals surface area contributed by atoms with E-state index in [1.165, 1.54) is 0 Å². The zero-order valence-corrected chi connectivity index (χ0v) is 15.6. The van der Waals surface area contributed by atoms with Crippen LogP contribution in [-0.4, -0.2) is 45.1 Å². The molecule has 0 aromatic carbocycles. The van der Waals surface area contributed by atoms with Gasteiger partial charge in [-0.25, -0.2) is 14.1 Å². The number of nitrogens with zero attached hydrogens (tertiary/aromatic N) is 3. The van der Waals surface area contributed by atoms with Gasteiger partial charge in [-0.05, 0) is 26.8 Å². The van der Waals surface area contributed by atoms with Crippen LogP contribution in [0.5, 0.6) is 0 Å². The van der Waals surface area contributed by atoms with Crippen molar-refractivity contribution in [2.24, 2.45) is 5.73 Å². The SMILES string of the molecule is CC(C)O[P@@]1(=O)OC[C@H]2O[C@@H](c3cnc4c(N)ccnn34)[C@](C)(N)[C@@H]2O1. The van der Waals surface area contributed by atoms with Crippen LogP contribution in [0, 0.1) is 0 Å². The largest absolute Gasteiger partial charge is 0.475 e. The number of aromatic nitrogens is 3. The first-order chi connectivity index (χ1) is 12.2. The summed E-state index contributed by atoms with van der Waals surface area (Å²) in [5.74, 6) is 0. The Morgan fingerprint density at radius 3 is 3.00 bits per heavy atom. The van der Waals surface area contributed by atoms with Crippen molar-refractivity contribution in [2.75, 3.05) is 12.3 Å². The van der Waals surface area contributed by atoms with Crippen LogP contribution in [0.4, 0.5) is 5.69 Å². The van der Waals surface area contributed by atoms with Crippen LogP contribution in [0.15, 0.2) is 18.5 Å². The molecule has 0 bridgehead atoms.